The monoisotopic (exact) mass is 426 g/mol. The molecule has 3 aliphatic heterocycles. The minimum absolute atomic E-state index is 0.0222. The average molecular weight is 427 g/mol. The molecular weight excluding hydrogens is 396 g/mol. The molecule has 0 aliphatic carbocycles. The minimum Gasteiger partial charge on any atom is -0.337 e. The number of carbonyl (C=O) groups is 1. The first-order chi connectivity index (χ1) is 14.4. The second-order valence-corrected chi connectivity index (χ2v) is 10.5. The van der Waals surface area contributed by atoms with Crippen molar-refractivity contribution in [3.63, 3.8) is 0 Å². The Morgan fingerprint density at radius 1 is 1.23 bits per heavy atom. The van der Waals surface area contributed by atoms with Crippen LogP contribution in [0.15, 0.2) is 30.5 Å². The number of hydrogen-bond donors (Lipinski definition) is 0. The number of amides is 1. The molecule has 6 heteroatoms. The van der Waals surface area contributed by atoms with Crippen LogP contribution in [0, 0.1) is 11.3 Å². The molecule has 2 atom stereocenters. The summed E-state index contributed by atoms with van der Waals surface area (Å²) in [6.07, 6.45) is 7.67. The third-order valence-electron chi connectivity index (χ3n) is 7.08. The molecule has 160 valence electrons. The molecule has 2 saturated heterocycles. The van der Waals surface area contributed by atoms with Crippen LogP contribution >= 0.6 is 11.6 Å². The topological polar surface area (TPSA) is 41.4 Å². The maximum absolute atomic E-state index is 13.6. The molecule has 2 aromatic rings. The van der Waals surface area contributed by atoms with Crippen molar-refractivity contribution >= 4 is 17.5 Å². The predicted molar refractivity (Wildman–Crippen MR) is 119 cm³/mol. The second-order valence-electron chi connectivity index (χ2n) is 10.1. The molecular formula is C24H31ClN4O. The highest BCUT2D eigenvalue weighted by Gasteiger charge is 2.41. The van der Waals surface area contributed by atoms with Crippen molar-refractivity contribution in [2.24, 2.45) is 11.3 Å². The Morgan fingerprint density at radius 3 is 2.87 bits per heavy atom. The number of halogens is 1. The summed E-state index contributed by atoms with van der Waals surface area (Å²) in [6.45, 7) is 8.03. The zero-order valence-corrected chi connectivity index (χ0v) is 18.7. The van der Waals surface area contributed by atoms with Crippen LogP contribution in [-0.2, 0) is 17.8 Å². The van der Waals surface area contributed by atoms with Crippen molar-refractivity contribution in [1.82, 2.24) is 19.6 Å². The van der Waals surface area contributed by atoms with Crippen molar-refractivity contribution in [3.8, 4) is 5.69 Å². The largest absolute Gasteiger partial charge is 0.337 e. The zero-order chi connectivity index (χ0) is 20.9. The average Bonchev–Trinajstić information content (AvgIpc) is 3.28. The van der Waals surface area contributed by atoms with Crippen LogP contribution in [0.25, 0.3) is 5.69 Å². The maximum atomic E-state index is 13.6. The van der Waals surface area contributed by atoms with Crippen molar-refractivity contribution in [1.29, 1.82) is 0 Å². The molecule has 0 radical (unpaired) electrons. The van der Waals surface area contributed by atoms with E-state index in [1.165, 1.54) is 25.0 Å². The van der Waals surface area contributed by atoms with Gasteiger partial charge in [-0.05, 0) is 49.8 Å². The smallest absolute Gasteiger partial charge is 0.227 e. The highest BCUT2D eigenvalue weighted by Crippen LogP contribution is 2.36. The first-order valence-electron chi connectivity index (χ1n) is 11.2. The number of piperidine rings is 1. The number of nitrogens with zero attached hydrogens (tertiary/aromatic N) is 4. The number of rotatable bonds is 2. The van der Waals surface area contributed by atoms with Gasteiger partial charge in [0.1, 0.15) is 0 Å². The molecule has 0 N–H and O–H groups in total. The molecule has 2 unspecified atom stereocenters. The van der Waals surface area contributed by atoms with E-state index in [9.17, 15) is 4.79 Å². The molecule has 1 aromatic heterocycles. The molecule has 0 saturated carbocycles. The summed E-state index contributed by atoms with van der Waals surface area (Å²) in [5.41, 5.74) is 3.20. The van der Waals surface area contributed by atoms with Crippen LogP contribution < -0.4 is 0 Å². The molecule has 30 heavy (non-hydrogen) atoms. The molecule has 3 aliphatic rings. The molecule has 5 nitrogen and oxygen atoms in total. The zero-order valence-electron chi connectivity index (χ0n) is 18.0. The predicted octanol–water partition coefficient (Wildman–Crippen LogP) is 4.31. The lowest BCUT2D eigenvalue weighted by atomic mass is 9.87. The fraction of sp³-hybridized carbons (Fsp3) is 0.583. The third-order valence-corrected chi connectivity index (χ3v) is 7.40. The van der Waals surface area contributed by atoms with Gasteiger partial charge in [0.2, 0.25) is 5.91 Å². The van der Waals surface area contributed by atoms with E-state index in [2.05, 4.69) is 28.7 Å². The lowest BCUT2D eigenvalue weighted by Gasteiger charge is -2.31. The quantitative estimate of drug-likeness (QED) is 0.718. The molecule has 0 bridgehead atoms. The molecule has 4 heterocycles. The third kappa shape index (κ3) is 3.67. The summed E-state index contributed by atoms with van der Waals surface area (Å²) < 4.78 is 1.98. The first kappa shape index (κ1) is 20.1. The van der Waals surface area contributed by atoms with Gasteiger partial charge < -0.3 is 4.90 Å². The van der Waals surface area contributed by atoms with Crippen LogP contribution in [-0.4, -0.2) is 51.2 Å². The lowest BCUT2D eigenvalue weighted by molar-refractivity contribution is -0.137. The second kappa shape index (κ2) is 7.69. The Balaban J connectivity index is 1.42. The summed E-state index contributed by atoms with van der Waals surface area (Å²) in [7, 11) is 0. The Morgan fingerprint density at radius 2 is 2.07 bits per heavy atom. The van der Waals surface area contributed by atoms with E-state index in [-0.39, 0.29) is 11.3 Å². The fourth-order valence-corrected chi connectivity index (χ4v) is 5.91. The van der Waals surface area contributed by atoms with Crippen LogP contribution in [0.5, 0.6) is 0 Å². The molecule has 5 rings (SSSR count). The van der Waals surface area contributed by atoms with Gasteiger partial charge in [0.25, 0.3) is 0 Å². The van der Waals surface area contributed by atoms with E-state index in [1.54, 1.807) is 0 Å². The molecule has 1 aromatic carbocycles. The van der Waals surface area contributed by atoms with Crippen LogP contribution in [0.4, 0.5) is 0 Å². The summed E-state index contributed by atoms with van der Waals surface area (Å²) in [4.78, 5) is 18.2. The molecule has 1 amide bonds. The van der Waals surface area contributed by atoms with E-state index >= 15 is 0 Å². The summed E-state index contributed by atoms with van der Waals surface area (Å²) in [6, 6.07) is 8.45. The van der Waals surface area contributed by atoms with E-state index in [1.807, 2.05) is 35.1 Å². The van der Waals surface area contributed by atoms with E-state index in [4.69, 9.17) is 11.6 Å². The van der Waals surface area contributed by atoms with Gasteiger partial charge in [0, 0.05) is 36.9 Å². The number of carbonyl (C=O) groups excluding carboxylic acids is 1. The van der Waals surface area contributed by atoms with E-state index < -0.39 is 0 Å². The summed E-state index contributed by atoms with van der Waals surface area (Å²) >= 11 is 6.47. The van der Waals surface area contributed by atoms with Gasteiger partial charge in [-0.2, -0.15) is 5.10 Å². The van der Waals surface area contributed by atoms with Gasteiger partial charge >= 0.3 is 0 Å². The number of fused-ring (bicyclic) bond motifs is 2. The standard InChI is InChI=1S/C24H31ClN4O/c1-24(2)12-22-18(13-26-29(22)21-9-4-3-8-20(21)25)15-28(16-24)23(30)17-11-19-7-5-6-10-27(19)14-17/h3-4,8-9,13,17,19H,5-7,10-12,14-16H2,1-2H3. The van der Waals surface area contributed by atoms with Crippen LogP contribution in [0.3, 0.4) is 0 Å². The maximum Gasteiger partial charge on any atom is 0.227 e. The van der Waals surface area contributed by atoms with Gasteiger partial charge in [0.15, 0.2) is 0 Å². The Hall–Kier alpha value is -1.85. The van der Waals surface area contributed by atoms with Crippen molar-refractivity contribution in [2.45, 2.75) is 58.5 Å². The van der Waals surface area contributed by atoms with Crippen molar-refractivity contribution in [3.05, 3.63) is 46.7 Å². The molecule has 2 fully saturated rings. The lowest BCUT2D eigenvalue weighted by Crippen LogP contribution is -2.41. The van der Waals surface area contributed by atoms with E-state index in [0.29, 0.717) is 23.5 Å². The first-order valence-corrected chi connectivity index (χ1v) is 11.6. The highest BCUT2D eigenvalue weighted by molar-refractivity contribution is 6.32. The van der Waals surface area contributed by atoms with Gasteiger partial charge in [0.05, 0.1) is 22.8 Å². The number of para-hydroxylation sites is 1. The summed E-state index contributed by atoms with van der Waals surface area (Å²) in [5, 5.41) is 5.37. The summed E-state index contributed by atoms with van der Waals surface area (Å²) in [5.74, 6) is 0.472. The van der Waals surface area contributed by atoms with Crippen LogP contribution in [0.2, 0.25) is 5.02 Å². The Labute approximate surface area is 184 Å². The van der Waals surface area contributed by atoms with Crippen molar-refractivity contribution < 1.29 is 4.79 Å². The highest BCUT2D eigenvalue weighted by atomic mass is 35.5. The fourth-order valence-electron chi connectivity index (χ4n) is 5.69. The van der Waals surface area contributed by atoms with Crippen LogP contribution in [0.1, 0.15) is 50.8 Å². The Kier molecular flexibility index (Phi) is 5.14. The Bertz CT molecular complexity index is 938. The SMILES string of the molecule is CC1(C)Cc2c(cnn2-c2ccccc2Cl)CN(C(=O)C2CC3CCCCN3C2)C1. The van der Waals surface area contributed by atoms with Gasteiger partial charge in [-0.3, -0.25) is 9.69 Å². The number of benzene rings is 1. The van der Waals surface area contributed by atoms with Gasteiger partial charge in [-0.15, -0.1) is 0 Å². The van der Waals surface area contributed by atoms with Gasteiger partial charge in [-0.1, -0.05) is 44.0 Å². The van der Waals surface area contributed by atoms with Gasteiger partial charge in [-0.25, -0.2) is 4.68 Å². The van der Waals surface area contributed by atoms with Crippen molar-refractivity contribution in [2.75, 3.05) is 19.6 Å². The number of hydrogen-bond acceptors (Lipinski definition) is 3. The normalized spacial score (nSPS) is 26.2. The molecule has 0 spiro atoms. The number of aromatic nitrogens is 2. The van der Waals surface area contributed by atoms with E-state index in [0.717, 1.165) is 43.7 Å². The minimum atomic E-state index is -0.0222.